The van der Waals surface area contributed by atoms with Gasteiger partial charge in [0.2, 0.25) is 5.78 Å². The Morgan fingerprint density at radius 2 is 1.85 bits per heavy atom. The molecule has 130 valence electrons. The Hall–Kier alpha value is -3.98. The monoisotopic (exact) mass is 354 g/mol. The second-order valence-corrected chi connectivity index (χ2v) is 6.06. The van der Waals surface area contributed by atoms with Gasteiger partial charge >= 0.3 is 0 Å². The molecule has 2 N–H and O–H groups in total. The van der Waals surface area contributed by atoms with Gasteiger partial charge in [0, 0.05) is 17.1 Å². The minimum Gasteiger partial charge on any atom is -0.352 e. The van der Waals surface area contributed by atoms with Crippen LogP contribution in [0.1, 0.15) is 10.5 Å². The molecule has 6 heteroatoms. The van der Waals surface area contributed by atoms with Crippen LogP contribution in [0.3, 0.4) is 0 Å². The van der Waals surface area contributed by atoms with E-state index in [2.05, 4.69) is 15.3 Å². The van der Waals surface area contributed by atoms with Crippen molar-refractivity contribution in [2.45, 2.75) is 0 Å². The molecule has 0 bridgehead atoms. The number of nitrogens with one attached hydrogen (secondary N) is 2. The number of pyridine rings is 1. The maximum atomic E-state index is 12.8. The van der Waals surface area contributed by atoms with Gasteiger partial charge in [0.05, 0.1) is 11.8 Å². The van der Waals surface area contributed by atoms with Crippen LogP contribution in [0, 0.1) is 17.2 Å². The molecule has 4 aromatic rings. The molecule has 27 heavy (non-hydrogen) atoms. The summed E-state index contributed by atoms with van der Waals surface area (Å²) in [6, 6.07) is 20.1. The summed E-state index contributed by atoms with van der Waals surface area (Å²) in [5.74, 6) is -2.46. The number of benzene rings is 2. The summed E-state index contributed by atoms with van der Waals surface area (Å²) in [5, 5.41) is 14.8. The molecule has 0 spiro atoms. The highest BCUT2D eigenvalue weighted by Gasteiger charge is 2.29. The van der Waals surface area contributed by atoms with Crippen molar-refractivity contribution in [3.63, 3.8) is 0 Å². The van der Waals surface area contributed by atoms with Crippen molar-refractivity contribution in [3.8, 4) is 6.07 Å². The molecule has 0 aliphatic carbocycles. The van der Waals surface area contributed by atoms with E-state index in [0.717, 1.165) is 21.7 Å². The van der Waals surface area contributed by atoms with Crippen molar-refractivity contribution in [2.75, 3.05) is 5.32 Å². The highest BCUT2D eigenvalue weighted by Crippen LogP contribution is 2.26. The average molecular weight is 354 g/mol. The number of nitrogens with zero attached hydrogens (tertiary/aromatic N) is 2. The van der Waals surface area contributed by atoms with Crippen molar-refractivity contribution >= 4 is 39.2 Å². The summed E-state index contributed by atoms with van der Waals surface area (Å²) in [5.41, 5.74) is 1.00. The molecule has 0 aliphatic rings. The molecule has 0 radical (unpaired) electrons. The predicted octanol–water partition coefficient (Wildman–Crippen LogP) is 3.68. The fraction of sp³-hybridized carbons (Fsp3) is 0.0476. The molecule has 2 aromatic carbocycles. The molecule has 0 saturated carbocycles. The van der Waals surface area contributed by atoms with Crippen LogP contribution in [-0.4, -0.2) is 21.7 Å². The number of hydrogen-bond donors (Lipinski definition) is 2. The van der Waals surface area contributed by atoms with Gasteiger partial charge in [0.25, 0.3) is 5.91 Å². The zero-order valence-corrected chi connectivity index (χ0v) is 14.1. The fourth-order valence-corrected chi connectivity index (χ4v) is 3.05. The molecule has 2 heterocycles. The van der Waals surface area contributed by atoms with Crippen molar-refractivity contribution in [1.29, 1.82) is 5.26 Å². The smallest absolute Gasteiger partial charge is 0.250 e. The zero-order chi connectivity index (χ0) is 18.8. The van der Waals surface area contributed by atoms with Crippen LogP contribution in [0.2, 0.25) is 0 Å². The second kappa shape index (κ2) is 6.73. The molecule has 1 amide bonds. The number of nitriles is 1. The van der Waals surface area contributed by atoms with Gasteiger partial charge in [0.1, 0.15) is 5.82 Å². The number of aromatic amines is 1. The number of carbonyl (C=O) groups is 2. The van der Waals surface area contributed by atoms with E-state index < -0.39 is 17.6 Å². The lowest BCUT2D eigenvalue weighted by atomic mass is 10.0. The van der Waals surface area contributed by atoms with Crippen molar-refractivity contribution in [1.82, 2.24) is 9.97 Å². The SMILES string of the molecule is N#CC(C(=O)Nc1ccccn1)C(=O)c1cc2c(ccc3ccccc32)[nH]1. The topological polar surface area (TPSA) is 98.6 Å². The number of fused-ring (bicyclic) bond motifs is 3. The summed E-state index contributed by atoms with van der Waals surface area (Å²) < 4.78 is 0. The molecular formula is C21H14N4O2. The lowest BCUT2D eigenvalue weighted by Crippen LogP contribution is -2.29. The Kier molecular flexibility index (Phi) is 4.11. The Bertz CT molecular complexity index is 1210. The third-order valence-corrected chi connectivity index (χ3v) is 4.36. The van der Waals surface area contributed by atoms with Gasteiger partial charge in [0.15, 0.2) is 5.92 Å². The average Bonchev–Trinajstić information content (AvgIpc) is 3.14. The first-order chi connectivity index (χ1) is 13.2. The van der Waals surface area contributed by atoms with E-state index in [9.17, 15) is 14.9 Å². The van der Waals surface area contributed by atoms with Crippen molar-refractivity contribution in [2.24, 2.45) is 5.92 Å². The first kappa shape index (κ1) is 16.5. The number of amides is 1. The molecular weight excluding hydrogens is 340 g/mol. The van der Waals surface area contributed by atoms with E-state index in [1.165, 1.54) is 6.20 Å². The van der Waals surface area contributed by atoms with Crippen molar-refractivity contribution in [3.05, 3.63) is 72.6 Å². The molecule has 0 aliphatic heterocycles. The number of hydrogen-bond acceptors (Lipinski definition) is 4. The standard InChI is InChI=1S/C21H14N4O2/c22-12-16(21(27)25-19-7-3-4-10-23-19)20(26)18-11-15-14-6-2-1-5-13(14)8-9-17(15)24-18/h1-11,16,24H,(H,23,25,27). The molecule has 4 rings (SSSR count). The maximum absolute atomic E-state index is 12.8. The van der Waals surface area contributed by atoms with Crippen LogP contribution < -0.4 is 5.32 Å². The number of Topliss-reactive ketones (excluding diaryl/α,β-unsaturated/α-hetero) is 1. The normalized spacial score (nSPS) is 11.8. The Morgan fingerprint density at radius 1 is 1.04 bits per heavy atom. The third kappa shape index (κ3) is 3.02. The number of aromatic nitrogens is 2. The van der Waals surface area contributed by atoms with E-state index in [1.807, 2.05) is 36.4 Å². The van der Waals surface area contributed by atoms with Crippen LogP contribution in [0.4, 0.5) is 5.82 Å². The van der Waals surface area contributed by atoms with Crippen LogP contribution in [0.25, 0.3) is 21.7 Å². The minimum atomic E-state index is -1.47. The molecule has 6 nitrogen and oxygen atoms in total. The fourth-order valence-electron chi connectivity index (χ4n) is 3.05. The first-order valence-corrected chi connectivity index (χ1v) is 8.33. The summed E-state index contributed by atoms with van der Waals surface area (Å²) >= 11 is 0. The lowest BCUT2D eigenvalue weighted by molar-refractivity contribution is -0.117. The maximum Gasteiger partial charge on any atom is 0.250 e. The van der Waals surface area contributed by atoms with E-state index in [0.29, 0.717) is 0 Å². The number of rotatable bonds is 4. The van der Waals surface area contributed by atoms with Gasteiger partial charge < -0.3 is 10.3 Å². The predicted molar refractivity (Wildman–Crippen MR) is 102 cm³/mol. The summed E-state index contributed by atoms with van der Waals surface area (Å²) in [7, 11) is 0. The largest absolute Gasteiger partial charge is 0.352 e. The van der Waals surface area contributed by atoms with Crippen LogP contribution >= 0.6 is 0 Å². The van der Waals surface area contributed by atoms with Gasteiger partial charge in [-0.2, -0.15) is 5.26 Å². The van der Waals surface area contributed by atoms with E-state index >= 15 is 0 Å². The highest BCUT2D eigenvalue weighted by atomic mass is 16.2. The van der Waals surface area contributed by atoms with Crippen LogP contribution in [0.15, 0.2) is 66.9 Å². The van der Waals surface area contributed by atoms with Crippen molar-refractivity contribution < 1.29 is 9.59 Å². The molecule has 1 atom stereocenters. The van der Waals surface area contributed by atoms with E-state index in [1.54, 1.807) is 30.3 Å². The number of H-pyrrole nitrogens is 1. The van der Waals surface area contributed by atoms with Gasteiger partial charge in [-0.3, -0.25) is 9.59 Å². The van der Waals surface area contributed by atoms with E-state index in [4.69, 9.17) is 0 Å². The highest BCUT2D eigenvalue weighted by molar-refractivity contribution is 6.17. The van der Waals surface area contributed by atoms with Crippen LogP contribution in [-0.2, 0) is 4.79 Å². The lowest BCUT2D eigenvalue weighted by Gasteiger charge is -2.07. The summed E-state index contributed by atoms with van der Waals surface area (Å²) in [4.78, 5) is 32.2. The number of carbonyl (C=O) groups excluding carboxylic acids is 2. The second-order valence-electron chi connectivity index (χ2n) is 6.06. The molecule has 2 aromatic heterocycles. The van der Waals surface area contributed by atoms with Gasteiger partial charge in [-0.25, -0.2) is 4.98 Å². The number of ketones is 1. The quantitative estimate of drug-likeness (QED) is 0.431. The molecule has 1 unspecified atom stereocenters. The molecule has 0 saturated heterocycles. The first-order valence-electron chi connectivity index (χ1n) is 8.33. The Morgan fingerprint density at radius 3 is 2.63 bits per heavy atom. The van der Waals surface area contributed by atoms with Gasteiger partial charge in [-0.15, -0.1) is 0 Å². The number of anilines is 1. The van der Waals surface area contributed by atoms with Gasteiger partial charge in [-0.05, 0) is 35.0 Å². The van der Waals surface area contributed by atoms with E-state index in [-0.39, 0.29) is 11.5 Å². The minimum absolute atomic E-state index is 0.226. The molecule has 0 fully saturated rings. The zero-order valence-electron chi connectivity index (χ0n) is 14.1. The Balaban J connectivity index is 1.67. The summed E-state index contributed by atoms with van der Waals surface area (Å²) in [6.07, 6.45) is 1.52. The third-order valence-electron chi connectivity index (χ3n) is 4.36. The summed E-state index contributed by atoms with van der Waals surface area (Å²) in [6.45, 7) is 0. The Labute approximate surface area is 154 Å². The van der Waals surface area contributed by atoms with Crippen LogP contribution in [0.5, 0.6) is 0 Å². The van der Waals surface area contributed by atoms with Gasteiger partial charge in [-0.1, -0.05) is 36.4 Å².